The Morgan fingerprint density at radius 1 is 1.27 bits per heavy atom. The highest BCUT2D eigenvalue weighted by Crippen LogP contribution is 1.96. The topological polar surface area (TPSA) is 66.8 Å². The van der Waals surface area contributed by atoms with Crippen LogP contribution >= 0.6 is 0 Å². The molecule has 0 aliphatic carbocycles. The fraction of sp³-hybridized carbons (Fsp3) is 1.00. The zero-order valence-electron chi connectivity index (χ0n) is 9.48. The Morgan fingerprint density at radius 3 is 2.40 bits per heavy atom. The van der Waals surface area contributed by atoms with Gasteiger partial charge in [0, 0.05) is 20.2 Å². The maximum Gasteiger partial charge on any atom is 0.266 e. The second-order valence-corrected chi connectivity index (χ2v) is 5.05. The van der Waals surface area contributed by atoms with Crippen molar-refractivity contribution in [2.75, 3.05) is 39.1 Å². The summed E-state index contributed by atoms with van der Waals surface area (Å²) in [4.78, 5) is 1.99. The molecule has 0 aliphatic rings. The van der Waals surface area contributed by atoms with Gasteiger partial charge in [0.05, 0.1) is 12.4 Å². The number of ether oxygens (including phenoxy) is 1. The van der Waals surface area contributed by atoms with Gasteiger partial charge in [-0.05, 0) is 13.0 Å². The van der Waals surface area contributed by atoms with E-state index in [1.165, 1.54) is 0 Å². The number of hydrogen-bond donors (Lipinski definition) is 1. The van der Waals surface area contributed by atoms with E-state index in [4.69, 9.17) is 9.29 Å². The van der Waals surface area contributed by atoms with E-state index in [-0.39, 0.29) is 5.75 Å². The van der Waals surface area contributed by atoms with Crippen LogP contribution in [0.2, 0.25) is 0 Å². The van der Waals surface area contributed by atoms with E-state index >= 15 is 0 Å². The van der Waals surface area contributed by atoms with E-state index in [0.717, 1.165) is 19.4 Å². The molecule has 0 aromatic heterocycles. The van der Waals surface area contributed by atoms with E-state index in [1.807, 2.05) is 4.90 Å². The molecule has 0 heterocycles. The lowest BCUT2D eigenvalue weighted by atomic mass is 10.3. The molecule has 15 heavy (non-hydrogen) atoms. The first-order chi connectivity index (χ1) is 6.99. The number of rotatable bonds is 9. The molecule has 6 heteroatoms. The maximum absolute atomic E-state index is 10.6. The Morgan fingerprint density at radius 2 is 1.93 bits per heavy atom. The first-order valence-corrected chi connectivity index (χ1v) is 6.77. The predicted molar refractivity (Wildman–Crippen MR) is 59.6 cm³/mol. The Balaban J connectivity index is 3.89. The normalized spacial score (nSPS) is 12.3. The molecule has 0 aliphatic heterocycles. The van der Waals surface area contributed by atoms with Crippen LogP contribution in [-0.2, 0) is 14.9 Å². The van der Waals surface area contributed by atoms with Gasteiger partial charge in [-0.2, -0.15) is 8.42 Å². The van der Waals surface area contributed by atoms with E-state index in [0.29, 0.717) is 19.7 Å². The summed E-state index contributed by atoms with van der Waals surface area (Å²) in [6.45, 7) is 4.57. The van der Waals surface area contributed by atoms with Crippen LogP contribution in [0.25, 0.3) is 0 Å². The summed E-state index contributed by atoms with van der Waals surface area (Å²) in [6, 6.07) is 0. The van der Waals surface area contributed by atoms with Gasteiger partial charge < -0.3 is 4.74 Å². The molecule has 0 unspecified atom stereocenters. The van der Waals surface area contributed by atoms with Crippen molar-refractivity contribution in [1.82, 2.24) is 4.90 Å². The lowest BCUT2D eigenvalue weighted by Crippen LogP contribution is -2.33. The van der Waals surface area contributed by atoms with Crippen molar-refractivity contribution >= 4 is 10.1 Å². The zero-order chi connectivity index (χ0) is 11.7. The minimum absolute atomic E-state index is 0.208. The zero-order valence-corrected chi connectivity index (χ0v) is 10.3. The van der Waals surface area contributed by atoms with Crippen LogP contribution in [0.4, 0.5) is 0 Å². The Hall–Kier alpha value is -0.170. The second-order valence-electron chi connectivity index (χ2n) is 3.47. The Labute approximate surface area is 92.2 Å². The van der Waals surface area contributed by atoms with Crippen molar-refractivity contribution in [2.24, 2.45) is 0 Å². The maximum atomic E-state index is 10.6. The Kier molecular flexibility index (Phi) is 7.95. The largest absolute Gasteiger partial charge is 0.383 e. The molecule has 0 rings (SSSR count). The van der Waals surface area contributed by atoms with Gasteiger partial charge in [0.25, 0.3) is 10.1 Å². The van der Waals surface area contributed by atoms with Crippen LogP contribution in [0.5, 0.6) is 0 Å². The molecular formula is C9H21NO4S. The van der Waals surface area contributed by atoms with Gasteiger partial charge in [0.15, 0.2) is 0 Å². The quantitative estimate of drug-likeness (QED) is 0.598. The van der Waals surface area contributed by atoms with Gasteiger partial charge >= 0.3 is 0 Å². The fourth-order valence-corrected chi connectivity index (χ4v) is 1.67. The molecule has 5 nitrogen and oxygen atoms in total. The second kappa shape index (κ2) is 8.04. The smallest absolute Gasteiger partial charge is 0.266 e. The summed E-state index contributed by atoms with van der Waals surface area (Å²) in [5, 5.41) is 0. The van der Waals surface area contributed by atoms with Crippen molar-refractivity contribution in [3.63, 3.8) is 0 Å². The molecule has 0 spiro atoms. The van der Waals surface area contributed by atoms with Crippen LogP contribution in [0.15, 0.2) is 0 Å². The number of nitrogens with zero attached hydrogens (tertiary/aromatic N) is 1. The van der Waals surface area contributed by atoms with E-state index in [9.17, 15) is 8.42 Å². The van der Waals surface area contributed by atoms with Crippen molar-refractivity contribution in [2.45, 2.75) is 19.8 Å². The average molecular weight is 239 g/mol. The van der Waals surface area contributed by atoms with Gasteiger partial charge in [-0.15, -0.1) is 0 Å². The molecular weight excluding hydrogens is 218 g/mol. The number of hydrogen-bond acceptors (Lipinski definition) is 4. The minimum atomic E-state index is -3.85. The first kappa shape index (κ1) is 14.8. The monoisotopic (exact) mass is 239 g/mol. The molecule has 0 amide bonds. The molecule has 0 bridgehead atoms. The van der Waals surface area contributed by atoms with Crippen LogP contribution in [0.1, 0.15) is 19.8 Å². The van der Waals surface area contributed by atoms with Crippen molar-refractivity contribution in [3.05, 3.63) is 0 Å². The van der Waals surface area contributed by atoms with Gasteiger partial charge in [0.2, 0.25) is 0 Å². The van der Waals surface area contributed by atoms with Crippen LogP contribution in [-0.4, -0.2) is 57.0 Å². The molecule has 1 N–H and O–H groups in total. The van der Waals surface area contributed by atoms with Crippen molar-refractivity contribution in [1.29, 1.82) is 0 Å². The lowest BCUT2D eigenvalue weighted by Gasteiger charge is -2.20. The summed E-state index contributed by atoms with van der Waals surface area (Å²) in [7, 11) is -2.24. The highest BCUT2D eigenvalue weighted by atomic mass is 32.2. The standard InChI is InChI=1S/C9H21NO4S/c1-3-4-5-10(6-8-14-2)7-9-15(11,12)13/h3-9H2,1-2H3,(H,11,12,13). The summed E-state index contributed by atoms with van der Waals surface area (Å²) in [5.41, 5.74) is 0. The number of methoxy groups -OCH3 is 1. The van der Waals surface area contributed by atoms with E-state index in [1.54, 1.807) is 7.11 Å². The van der Waals surface area contributed by atoms with Crippen molar-refractivity contribution in [3.8, 4) is 0 Å². The third-order valence-electron chi connectivity index (χ3n) is 2.11. The Bertz CT molecular complexity index is 232. The van der Waals surface area contributed by atoms with Gasteiger partial charge in [0.1, 0.15) is 0 Å². The lowest BCUT2D eigenvalue weighted by molar-refractivity contribution is 0.150. The third kappa shape index (κ3) is 10.1. The highest BCUT2D eigenvalue weighted by Gasteiger charge is 2.09. The summed E-state index contributed by atoms with van der Waals surface area (Å²) < 4.78 is 34.7. The number of unbranched alkanes of at least 4 members (excludes halogenated alkanes) is 1. The van der Waals surface area contributed by atoms with E-state index in [2.05, 4.69) is 6.92 Å². The minimum Gasteiger partial charge on any atom is -0.383 e. The predicted octanol–water partition coefficient (Wildman–Crippen LogP) is 0.623. The van der Waals surface area contributed by atoms with Gasteiger partial charge in [-0.1, -0.05) is 13.3 Å². The summed E-state index contributed by atoms with van der Waals surface area (Å²) in [5.74, 6) is -0.208. The third-order valence-corrected chi connectivity index (χ3v) is 2.80. The fourth-order valence-electron chi connectivity index (χ4n) is 1.18. The molecule has 0 fully saturated rings. The summed E-state index contributed by atoms with van der Waals surface area (Å²) >= 11 is 0. The highest BCUT2D eigenvalue weighted by molar-refractivity contribution is 7.85. The average Bonchev–Trinajstić information content (AvgIpc) is 2.15. The van der Waals surface area contributed by atoms with Crippen LogP contribution < -0.4 is 0 Å². The molecule has 0 atom stereocenters. The van der Waals surface area contributed by atoms with Crippen LogP contribution in [0, 0.1) is 0 Å². The first-order valence-electron chi connectivity index (χ1n) is 5.16. The molecule has 0 aromatic rings. The van der Waals surface area contributed by atoms with Crippen LogP contribution in [0.3, 0.4) is 0 Å². The van der Waals surface area contributed by atoms with Gasteiger partial charge in [-0.25, -0.2) is 0 Å². The molecule has 0 saturated carbocycles. The SMILES string of the molecule is CCCCN(CCOC)CCS(=O)(=O)O. The molecule has 0 saturated heterocycles. The van der Waals surface area contributed by atoms with Crippen molar-refractivity contribution < 1.29 is 17.7 Å². The van der Waals surface area contributed by atoms with E-state index < -0.39 is 10.1 Å². The molecule has 92 valence electrons. The van der Waals surface area contributed by atoms with Gasteiger partial charge in [-0.3, -0.25) is 9.45 Å². The summed E-state index contributed by atoms with van der Waals surface area (Å²) in [6.07, 6.45) is 2.09. The molecule has 0 aromatic carbocycles. The molecule has 0 radical (unpaired) electrons.